The van der Waals surface area contributed by atoms with Gasteiger partial charge in [0.05, 0.1) is 5.92 Å². The quantitative estimate of drug-likeness (QED) is 0.907. The maximum Gasteiger partial charge on any atom is 0.311 e. The van der Waals surface area contributed by atoms with Crippen LogP contribution in [0.2, 0.25) is 5.02 Å². The SMILES string of the molecule is Cc1ccc(C)c(CC(C(=O)O)c2cccc(Cl)c2)c1. The van der Waals surface area contributed by atoms with E-state index in [0.717, 1.165) is 22.3 Å². The molecule has 20 heavy (non-hydrogen) atoms. The number of hydrogen-bond acceptors (Lipinski definition) is 1. The molecule has 1 unspecified atom stereocenters. The van der Waals surface area contributed by atoms with Gasteiger partial charge in [0.2, 0.25) is 0 Å². The summed E-state index contributed by atoms with van der Waals surface area (Å²) in [6.45, 7) is 4.02. The van der Waals surface area contributed by atoms with Crippen LogP contribution in [0.4, 0.5) is 0 Å². The van der Waals surface area contributed by atoms with E-state index < -0.39 is 11.9 Å². The number of rotatable bonds is 4. The molecule has 0 heterocycles. The van der Waals surface area contributed by atoms with Crippen molar-refractivity contribution in [2.45, 2.75) is 26.2 Å². The Hall–Kier alpha value is -1.80. The number of hydrogen-bond donors (Lipinski definition) is 1. The monoisotopic (exact) mass is 288 g/mol. The molecule has 0 aliphatic carbocycles. The average Bonchev–Trinajstić information content (AvgIpc) is 2.39. The number of aliphatic carboxylic acids is 1. The van der Waals surface area contributed by atoms with Crippen LogP contribution in [0.5, 0.6) is 0 Å². The summed E-state index contributed by atoms with van der Waals surface area (Å²) >= 11 is 5.96. The first kappa shape index (κ1) is 14.6. The zero-order chi connectivity index (χ0) is 14.7. The largest absolute Gasteiger partial charge is 0.481 e. The first-order valence-corrected chi connectivity index (χ1v) is 6.89. The molecule has 0 bridgehead atoms. The van der Waals surface area contributed by atoms with Gasteiger partial charge in [-0.25, -0.2) is 0 Å². The molecule has 0 saturated carbocycles. The van der Waals surface area contributed by atoms with Crippen molar-refractivity contribution in [3.05, 3.63) is 69.7 Å². The molecule has 2 rings (SSSR count). The van der Waals surface area contributed by atoms with Crippen LogP contribution in [0, 0.1) is 13.8 Å². The minimum atomic E-state index is -0.826. The summed E-state index contributed by atoms with van der Waals surface area (Å²) in [5, 5.41) is 10.1. The van der Waals surface area contributed by atoms with Crippen LogP contribution in [-0.2, 0) is 11.2 Å². The molecule has 2 aromatic rings. The topological polar surface area (TPSA) is 37.3 Å². The predicted octanol–water partition coefficient (Wildman–Crippen LogP) is 4.37. The number of carboxylic acid groups (broad SMARTS) is 1. The molecule has 104 valence electrons. The summed E-state index contributed by atoms with van der Waals surface area (Å²) in [6.07, 6.45) is 0.475. The number of benzene rings is 2. The summed E-state index contributed by atoms with van der Waals surface area (Å²) in [5.41, 5.74) is 4.06. The van der Waals surface area contributed by atoms with Gasteiger partial charge in [-0.3, -0.25) is 4.79 Å². The molecule has 0 spiro atoms. The fraction of sp³-hybridized carbons (Fsp3) is 0.235. The van der Waals surface area contributed by atoms with Crippen molar-refractivity contribution < 1.29 is 9.90 Å². The van der Waals surface area contributed by atoms with Crippen molar-refractivity contribution in [1.29, 1.82) is 0 Å². The van der Waals surface area contributed by atoms with E-state index in [9.17, 15) is 9.90 Å². The Labute approximate surface area is 124 Å². The van der Waals surface area contributed by atoms with Gasteiger partial charge in [0.1, 0.15) is 0 Å². The molecule has 2 nitrogen and oxygen atoms in total. The molecule has 0 aromatic heterocycles. The Balaban J connectivity index is 2.35. The molecule has 2 aromatic carbocycles. The van der Waals surface area contributed by atoms with Gasteiger partial charge in [0.15, 0.2) is 0 Å². The number of carboxylic acids is 1. The first-order chi connectivity index (χ1) is 9.47. The summed E-state index contributed by atoms with van der Waals surface area (Å²) in [5.74, 6) is -1.40. The highest BCUT2D eigenvalue weighted by Crippen LogP contribution is 2.25. The summed E-state index contributed by atoms with van der Waals surface area (Å²) < 4.78 is 0. The zero-order valence-electron chi connectivity index (χ0n) is 11.6. The van der Waals surface area contributed by atoms with Crippen LogP contribution < -0.4 is 0 Å². The summed E-state index contributed by atoms with van der Waals surface area (Å²) in [7, 11) is 0. The lowest BCUT2D eigenvalue weighted by Gasteiger charge is -2.15. The zero-order valence-corrected chi connectivity index (χ0v) is 12.3. The normalized spacial score (nSPS) is 12.2. The third-order valence-electron chi connectivity index (χ3n) is 3.48. The molecular weight excluding hydrogens is 272 g/mol. The van der Waals surface area contributed by atoms with E-state index in [1.54, 1.807) is 18.2 Å². The third kappa shape index (κ3) is 3.40. The molecule has 0 aliphatic heterocycles. The smallest absolute Gasteiger partial charge is 0.311 e. The second-order valence-corrected chi connectivity index (χ2v) is 5.52. The lowest BCUT2D eigenvalue weighted by Crippen LogP contribution is -2.15. The van der Waals surface area contributed by atoms with Gasteiger partial charge in [-0.15, -0.1) is 0 Å². The molecule has 0 fully saturated rings. The van der Waals surface area contributed by atoms with Crippen molar-refractivity contribution in [2.24, 2.45) is 0 Å². The van der Waals surface area contributed by atoms with E-state index in [0.29, 0.717) is 11.4 Å². The molecule has 1 atom stereocenters. The van der Waals surface area contributed by atoms with Gasteiger partial charge in [-0.1, -0.05) is 47.5 Å². The minimum Gasteiger partial charge on any atom is -0.481 e. The molecule has 1 N–H and O–H groups in total. The summed E-state index contributed by atoms with van der Waals surface area (Å²) in [6, 6.07) is 13.2. The standard InChI is InChI=1S/C17H17ClO2/c1-11-6-7-12(2)14(8-11)10-16(17(19)20)13-4-3-5-15(18)9-13/h3-9,16H,10H2,1-2H3,(H,19,20). The summed E-state index contributed by atoms with van der Waals surface area (Å²) in [4.78, 5) is 11.6. The lowest BCUT2D eigenvalue weighted by atomic mass is 9.89. The van der Waals surface area contributed by atoms with Crippen LogP contribution in [-0.4, -0.2) is 11.1 Å². The fourth-order valence-corrected chi connectivity index (χ4v) is 2.51. The lowest BCUT2D eigenvalue weighted by molar-refractivity contribution is -0.138. The van der Waals surface area contributed by atoms with Gasteiger partial charge < -0.3 is 5.11 Å². The Morgan fingerprint density at radius 1 is 1.20 bits per heavy atom. The maximum absolute atomic E-state index is 11.6. The van der Waals surface area contributed by atoms with E-state index >= 15 is 0 Å². The van der Waals surface area contributed by atoms with Crippen LogP contribution in [0.15, 0.2) is 42.5 Å². The number of aryl methyl sites for hydroxylation is 2. The van der Waals surface area contributed by atoms with E-state index in [1.807, 2.05) is 32.0 Å². The van der Waals surface area contributed by atoms with Crippen molar-refractivity contribution in [3.63, 3.8) is 0 Å². The predicted molar refractivity (Wildman–Crippen MR) is 81.4 cm³/mol. The van der Waals surface area contributed by atoms with Crippen molar-refractivity contribution >= 4 is 17.6 Å². The van der Waals surface area contributed by atoms with E-state index in [4.69, 9.17) is 11.6 Å². The van der Waals surface area contributed by atoms with E-state index in [1.165, 1.54) is 0 Å². The highest BCUT2D eigenvalue weighted by molar-refractivity contribution is 6.30. The molecule has 0 aliphatic rings. The number of carbonyl (C=O) groups is 1. The molecule has 0 saturated heterocycles. The second-order valence-electron chi connectivity index (χ2n) is 5.08. The Morgan fingerprint density at radius 3 is 2.60 bits per heavy atom. The second kappa shape index (κ2) is 6.10. The maximum atomic E-state index is 11.6. The van der Waals surface area contributed by atoms with Gasteiger partial charge in [-0.05, 0) is 49.1 Å². The minimum absolute atomic E-state index is 0.475. The molecule has 0 amide bonds. The van der Waals surface area contributed by atoms with Crippen molar-refractivity contribution in [2.75, 3.05) is 0 Å². The van der Waals surface area contributed by atoms with E-state index in [-0.39, 0.29) is 0 Å². The van der Waals surface area contributed by atoms with Crippen LogP contribution in [0.25, 0.3) is 0 Å². The van der Waals surface area contributed by atoms with Crippen molar-refractivity contribution in [3.8, 4) is 0 Å². The van der Waals surface area contributed by atoms with Gasteiger partial charge >= 0.3 is 5.97 Å². The molecule has 3 heteroatoms. The Kier molecular flexibility index (Phi) is 4.46. The van der Waals surface area contributed by atoms with Crippen LogP contribution >= 0.6 is 11.6 Å². The molecule has 0 radical (unpaired) electrons. The van der Waals surface area contributed by atoms with Gasteiger partial charge in [0, 0.05) is 5.02 Å². The molecular formula is C17H17ClO2. The fourth-order valence-electron chi connectivity index (χ4n) is 2.31. The Morgan fingerprint density at radius 2 is 1.95 bits per heavy atom. The van der Waals surface area contributed by atoms with Crippen LogP contribution in [0.3, 0.4) is 0 Å². The first-order valence-electron chi connectivity index (χ1n) is 6.52. The number of halogens is 1. The Bertz CT molecular complexity index is 635. The highest BCUT2D eigenvalue weighted by Gasteiger charge is 2.21. The van der Waals surface area contributed by atoms with E-state index in [2.05, 4.69) is 6.07 Å². The van der Waals surface area contributed by atoms with Gasteiger partial charge in [0.25, 0.3) is 0 Å². The average molecular weight is 289 g/mol. The van der Waals surface area contributed by atoms with Crippen LogP contribution in [0.1, 0.15) is 28.2 Å². The highest BCUT2D eigenvalue weighted by atomic mass is 35.5. The van der Waals surface area contributed by atoms with Gasteiger partial charge in [-0.2, -0.15) is 0 Å². The third-order valence-corrected chi connectivity index (χ3v) is 3.71. The van der Waals surface area contributed by atoms with Crippen molar-refractivity contribution in [1.82, 2.24) is 0 Å².